The van der Waals surface area contributed by atoms with Crippen molar-refractivity contribution >= 4 is 23.4 Å². The summed E-state index contributed by atoms with van der Waals surface area (Å²) in [5.41, 5.74) is 6.84. The molecule has 9 heavy (non-hydrogen) atoms. The van der Waals surface area contributed by atoms with Crippen LogP contribution >= 0.6 is 23.4 Å². The van der Waals surface area contributed by atoms with Crippen molar-refractivity contribution in [1.29, 1.82) is 0 Å². The molecule has 0 atom stereocenters. The van der Waals surface area contributed by atoms with E-state index in [0.29, 0.717) is 0 Å². The Hall–Kier alpha value is 0.340. The second kappa shape index (κ2) is 8.34. The molecule has 54 valence electrons. The van der Waals surface area contributed by atoms with Crippen LogP contribution in [-0.4, -0.2) is 18.1 Å². The summed E-state index contributed by atoms with van der Waals surface area (Å²) in [7, 11) is 0. The molecule has 0 unspecified atom stereocenters. The largest absolute Gasteiger partial charge is 0.330 e. The number of rotatable bonds is 5. The smallest absolute Gasteiger partial charge is 0.0125 e. The van der Waals surface area contributed by atoms with E-state index in [2.05, 4.69) is 0 Å². The van der Waals surface area contributed by atoms with Gasteiger partial charge in [-0.05, 0) is 18.7 Å². The molecule has 0 heterocycles. The van der Waals surface area contributed by atoms with Crippen molar-refractivity contribution in [1.82, 2.24) is 0 Å². The first-order chi connectivity index (χ1) is 4.41. The molecule has 2 N–H and O–H groups in total. The van der Waals surface area contributed by atoms with Crippen molar-refractivity contribution in [2.45, 2.75) is 6.42 Å². The van der Waals surface area contributed by atoms with Gasteiger partial charge in [-0.25, -0.2) is 0 Å². The zero-order valence-electron chi connectivity index (χ0n) is 5.35. The average molecular weight is 166 g/mol. The quantitative estimate of drug-likeness (QED) is 0.629. The minimum atomic E-state index is 0.789. The topological polar surface area (TPSA) is 26.0 Å². The molecule has 0 aromatic rings. The maximum absolute atomic E-state index is 5.30. The number of thioether (sulfide) groups is 1. The summed E-state index contributed by atoms with van der Waals surface area (Å²) in [5.74, 6) is 2.14. The van der Waals surface area contributed by atoms with E-state index >= 15 is 0 Å². The lowest BCUT2D eigenvalue weighted by Crippen LogP contribution is -1.99. The van der Waals surface area contributed by atoms with Crippen molar-refractivity contribution in [3.05, 3.63) is 11.6 Å². The number of hydrogen-bond acceptors (Lipinski definition) is 2. The van der Waals surface area contributed by atoms with E-state index < -0.39 is 0 Å². The van der Waals surface area contributed by atoms with Gasteiger partial charge in [0, 0.05) is 11.3 Å². The molecular weight excluding hydrogens is 154 g/mol. The van der Waals surface area contributed by atoms with Gasteiger partial charge in [-0.1, -0.05) is 17.7 Å². The van der Waals surface area contributed by atoms with Crippen LogP contribution in [0.3, 0.4) is 0 Å². The molecule has 0 aromatic carbocycles. The Morgan fingerprint density at radius 1 is 1.56 bits per heavy atom. The molecule has 3 heteroatoms. The van der Waals surface area contributed by atoms with Gasteiger partial charge in [0.05, 0.1) is 0 Å². The monoisotopic (exact) mass is 165 g/mol. The molecule has 0 spiro atoms. The summed E-state index contributed by atoms with van der Waals surface area (Å²) in [6.45, 7) is 0.789. The third kappa shape index (κ3) is 8.34. The average Bonchev–Trinajstić information content (AvgIpc) is 1.89. The minimum Gasteiger partial charge on any atom is -0.330 e. The van der Waals surface area contributed by atoms with Crippen LogP contribution in [0.4, 0.5) is 0 Å². The standard InChI is InChI=1S/C6H12ClNS/c7-3-1-5-9-6-2-4-8/h1,3H,2,4-6,8H2/b3-1-. The van der Waals surface area contributed by atoms with E-state index in [9.17, 15) is 0 Å². The summed E-state index contributed by atoms with van der Waals surface area (Å²) in [5, 5.41) is 0. The van der Waals surface area contributed by atoms with Gasteiger partial charge in [-0.15, -0.1) is 0 Å². The van der Waals surface area contributed by atoms with Gasteiger partial charge in [0.1, 0.15) is 0 Å². The highest BCUT2D eigenvalue weighted by Crippen LogP contribution is 2.01. The van der Waals surface area contributed by atoms with Gasteiger partial charge in [-0.2, -0.15) is 11.8 Å². The van der Waals surface area contributed by atoms with Gasteiger partial charge >= 0.3 is 0 Å². The van der Waals surface area contributed by atoms with Crippen LogP contribution < -0.4 is 5.73 Å². The molecule has 0 aliphatic rings. The van der Waals surface area contributed by atoms with E-state index in [4.69, 9.17) is 17.3 Å². The van der Waals surface area contributed by atoms with Gasteiger partial charge in [-0.3, -0.25) is 0 Å². The highest BCUT2D eigenvalue weighted by Gasteiger charge is 1.82. The SMILES string of the molecule is NCCCSC/C=C\Cl. The van der Waals surface area contributed by atoms with Crippen LogP contribution in [0, 0.1) is 0 Å². The first-order valence-electron chi connectivity index (χ1n) is 2.95. The Labute approximate surface area is 65.6 Å². The summed E-state index contributed by atoms with van der Waals surface area (Å²) in [6, 6.07) is 0. The second-order valence-corrected chi connectivity index (χ2v) is 2.98. The van der Waals surface area contributed by atoms with Crippen LogP contribution in [-0.2, 0) is 0 Å². The molecule has 1 nitrogen and oxygen atoms in total. The van der Waals surface area contributed by atoms with Crippen LogP contribution in [0.5, 0.6) is 0 Å². The summed E-state index contributed by atoms with van der Waals surface area (Å²) >= 11 is 7.15. The molecule has 0 fully saturated rings. The number of nitrogens with two attached hydrogens (primary N) is 1. The predicted molar refractivity (Wildman–Crippen MR) is 46.0 cm³/mol. The Balaban J connectivity index is 2.75. The molecule has 0 amide bonds. The van der Waals surface area contributed by atoms with Gasteiger partial charge in [0.25, 0.3) is 0 Å². The van der Waals surface area contributed by atoms with Crippen LogP contribution in [0.25, 0.3) is 0 Å². The fraction of sp³-hybridized carbons (Fsp3) is 0.667. The third-order valence-corrected chi connectivity index (χ3v) is 1.98. The Bertz CT molecular complexity index is 75.5. The highest BCUT2D eigenvalue weighted by molar-refractivity contribution is 7.99. The summed E-state index contributed by atoms with van der Waals surface area (Å²) < 4.78 is 0. The lowest BCUT2D eigenvalue weighted by Gasteiger charge is -1.92. The fourth-order valence-electron chi connectivity index (χ4n) is 0.373. The zero-order chi connectivity index (χ0) is 6.95. The fourth-order valence-corrected chi connectivity index (χ4v) is 1.34. The first-order valence-corrected chi connectivity index (χ1v) is 4.54. The maximum atomic E-state index is 5.30. The molecule has 0 bridgehead atoms. The molecular formula is C6H12ClNS. The second-order valence-electron chi connectivity index (χ2n) is 1.58. The Morgan fingerprint density at radius 3 is 2.89 bits per heavy atom. The highest BCUT2D eigenvalue weighted by atomic mass is 35.5. The normalized spacial score (nSPS) is 10.9. The van der Waals surface area contributed by atoms with E-state index in [1.807, 2.05) is 17.8 Å². The maximum Gasteiger partial charge on any atom is 0.0125 e. The zero-order valence-corrected chi connectivity index (χ0v) is 6.92. The third-order valence-electron chi connectivity index (χ3n) is 0.796. The van der Waals surface area contributed by atoms with E-state index in [-0.39, 0.29) is 0 Å². The molecule has 0 rings (SSSR count). The van der Waals surface area contributed by atoms with Gasteiger partial charge in [0.2, 0.25) is 0 Å². The van der Waals surface area contributed by atoms with Crippen LogP contribution in [0.1, 0.15) is 6.42 Å². The lowest BCUT2D eigenvalue weighted by atomic mass is 10.5. The van der Waals surface area contributed by atoms with Crippen molar-refractivity contribution in [3.8, 4) is 0 Å². The number of halogens is 1. The minimum absolute atomic E-state index is 0.789. The molecule has 0 saturated carbocycles. The van der Waals surface area contributed by atoms with Crippen LogP contribution in [0.2, 0.25) is 0 Å². The summed E-state index contributed by atoms with van der Waals surface area (Å²) in [6.07, 6.45) is 3.03. The predicted octanol–water partition coefficient (Wildman–Crippen LogP) is 1.82. The summed E-state index contributed by atoms with van der Waals surface area (Å²) in [4.78, 5) is 0. The molecule has 0 aliphatic carbocycles. The van der Waals surface area contributed by atoms with Crippen LogP contribution in [0.15, 0.2) is 11.6 Å². The number of hydrogen-bond donors (Lipinski definition) is 1. The molecule has 0 radical (unpaired) electrons. The first kappa shape index (κ1) is 9.34. The van der Waals surface area contributed by atoms with Gasteiger partial charge < -0.3 is 5.73 Å². The molecule has 0 saturated heterocycles. The lowest BCUT2D eigenvalue weighted by molar-refractivity contribution is 0.944. The van der Waals surface area contributed by atoms with Crippen molar-refractivity contribution < 1.29 is 0 Å². The molecule has 0 aromatic heterocycles. The van der Waals surface area contributed by atoms with E-state index in [1.165, 1.54) is 0 Å². The Kier molecular flexibility index (Phi) is 8.66. The van der Waals surface area contributed by atoms with E-state index in [1.54, 1.807) is 5.54 Å². The van der Waals surface area contributed by atoms with Crippen molar-refractivity contribution in [3.63, 3.8) is 0 Å². The Morgan fingerprint density at radius 2 is 2.33 bits per heavy atom. The van der Waals surface area contributed by atoms with Gasteiger partial charge in [0.15, 0.2) is 0 Å². The van der Waals surface area contributed by atoms with E-state index in [0.717, 1.165) is 24.5 Å². The van der Waals surface area contributed by atoms with Crippen molar-refractivity contribution in [2.24, 2.45) is 5.73 Å². The molecule has 0 aliphatic heterocycles. The van der Waals surface area contributed by atoms with Crippen molar-refractivity contribution in [2.75, 3.05) is 18.1 Å².